The third-order valence-corrected chi connectivity index (χ3v) is 10.6. The maximum atomic E-state index is 10.4. The third-order valence-electron chi connectivity index (χ3n) is 10.6. The molecule has 0 aliphatic rings. The Morgan fingerprint density at radius 1 is 0.456 bits per heavy atom. The summed E-state index contributed by atoms with van der Waals surface area (Å²) in [6.07, 6.45) is 0. The van der Waals surface area contributed by atoms with Crippen molar-refractivity contribution in [1.29, 1.82) is 0 Å². The number of hydrogen-bond donors (Lipinski definition) is 0. The molecule has 0 bridgehead atoms. The minimum absolute atomic E-state index is 0.0186. The van der Waals surface area contributed by atoms with Gasteiger partial charge < -0.3 is 13.7 Å². The van der Waals surface area contributed by atoms with Gasteiger partial charge >= 0.3 is 0 Å². The Morgan fingerprint density at radius 3 is 1.89 bits per heavy atom. The molecule has 0 saturated carbocycles. The quantitative estimate of drug-likeness (QED) is 0.165. The Hall–Kier alpha value is -7.69. The Morgan fingerprint density at radius 2 is 1.11 bits per heavy atom. The fourth-order valence-corrected chi connectivity index (χ4v) is 7.96. The first-order valence-electron chi connectivity index (χ1n) is 24.3. The molecular weight excluding hydrogens is 697 g/mol. The van der Waals surface area contributed by atoms with Crippen molar-refractivity contribution in [3.8, 4) is 22.6 Å². The summed E-state index contributed by atoms with van der Waals surface area (Å²) in [5.74, 6) is -0.338. The molecule has 2 heterocycles. The largest absolute Gasteiger partial charge is 0.455 e. The molecule has 2 aromatic heterocycles. The smallest absolute Gasteiger partial charge is 0.229 e. The van der Waals surface area contributed by atoms with E-state index in [1.165, 1.54) is 0 Å². The van der Waals surface area contributed by atoms with Gasteiger partial charge in [0.25, 0.3) is 0 Å². The van der Waals surface area contributed by atoms with E-state index < -0.39 is 66.5 Å². The molecule has 57 heavy (non-hydrogen) atoms. The lowest BCUT2D eigenvalue weighted by Gasteiger charge is -2.28. The predicted octanol–water partition coefficient (Wildman–Crippen LogP) is 15.1. The summed E-state index contributed by atoms with van der Waals surface area (Å²) < 4.78 is 121. The molecule has 0 fully saturated rings. The minimum atomic E-state index is -0.599. The van der Waals surface area contributed by atoms with Crippen molar-refractivity contribution < 1.29 is 25.3 Å². The first-order chi connectivity index (χ1) is 33.3. The average molecular weight is 741 g/mol. The average Bonchev–Trinajstić information content (AvgIpc) is 4.01. The summed E-state index contributed by atoms with van der Waals surface area (Å²) in [6, 6.07) is 33.3. The summed E-state index contributed by atoms with van der Waals surface area (Å²) in [7, 11) is 0. The summed E-state index contributed by atoms with van der Waals surface area (Å²) in [5.41, 5.74) is 1.69. The van der Waals surface area contributed by atoms with Crippen LogP contribution in [-0.2, 0) is 0 Å². The molecule has 4 heteroatoms. The molecule has 0 aliphatic carbocycles. The van der Waals surface area contributed by atoms with Gasteiger partial charge in [0.05, 0.1) is 27.7 Å². The van der Waals surface area contributed by atoms with Crippen molar-refractivity contribution >= 4 is 93.2 Å². The van der Waals surface area contributed by atoms with Crippen molar-refractivity contribution in [2.45, 2.75) is 0 Å². The molecule has 0 unspecified atom stereocenters. The molecule has 266 valence electrons. The van der Waals surface area contributed by atoms with Gasteiger partial charge in [-0.1, -0.05) is 139 Å². The number of oxazole rings is 1. The van der Waals surface area contributed by atoms with Crippen LogP contribution >= 0.6 is 0 Å². The zero-order chi connectivity index (χ0) is 47.9. The van der Waals surface area contributed by atoms with E-state index in [-0.39, 0.29) is 67.0 Å². The van der Waals surface area contributed by atoms with Crippen LogP contribution < -0.4 is 4.90 Å². The van der Waals surface area contributed by atoms with E-state index in [0.717, 1.165) is 43.4 Å². The van der Waals surface area contributed by atoms with Crippen LogP contribution in [0.1, 0.15) is 16.4 Å². The summed E-state index contributed by atoms with van der Waals surface area (Å²) in [4.78, 5) is 6.39. The highest BCUT2D eigenvalue weighted by Gasteiger charge is 2.25. The molecule has 12 aromatic rings. The number of fused-ring (bicyclic) bond motifs is 12. The lowest BCUT2D eigenvalue weighted by Crippen LogP contribution is -2.11. The number of rotatable bonds is 5. The number of aromatic nitrogens is 1. The topological polar surface area (TPSA) is 42.4 Å². The van der Waals surface area contributed by atoms with Gasteiger partial charge in [-0.25, -0.2) is 4.98 Å². The lowest BCUT2D eigenvalue weighted by molar-refractivity contribution is 0.619. The zero-order valence-corrected chi connectivity index (χ0v) is 29.8. The third kappa shape index (κ3) is 4.98. The summed E-state index contributed by atoms with van der Waals surface area (Å²) >= 11 is 0. The SMILES string of the molecule is [2H]c1c([2H])c([2H])c2oc(-c3c(N(c4ccc(-c5ccccc5)cc4)c4ccc5c6ccccc6c6ccccc6c5c4)c([2H])c4c(oc5c6c([2H])c([2H])c([2H])c([2H])c6c([2H])c([2H])c54)c3[2H])nc2c1[2H]. The Bertz CT molecular complexity index is 4150. The highest BCUT2D eigenvalue weighted by molar-refractivity contribution is 6.26. The second kappa shape index (κ2) is 12.4. The van der Waals surface area contributed by atoms with Crippen molar-refractivity contribution in [3.63, 3.8) is 0 Å². The van der Waals surface area contributed by atoms with Gasteiger partial charge in [-0.3, -0.25) is 0 Å². The van der Waals surface area contributed by atoms with Crippen LogP contribution in [0.5, 0.6) is 0 Å². The lowest BCUT2D eigenvalue weighted by atomic mass is 9.93. The number of hydrogen-bond acceptors (Lipinski definition) is 4. The standard InChI is InChI=1S/C53H32N2O2/c1-2-12-33(13-3-1)34-22-25-36(26-23-34)55(37-27-29-43-41-18-7-6-16-39(41)40-17-8-9-19-42(40)45(43)30-37)49-31-46-44-28-24-35-14-4-5-15-38(35)52(44)56-51(46)32-47(49)53-54-48-20-10-11-21-50(48)57-53/h1-32H/i4D,5D,10D,11D,14D,15D,20D,21D,24D,28D,31D,32D. The van der Waals surface area contributed by atoms with Crippen molar-refractivity contribution in [3.05, 3.63) is 194 Å². The second-order valence-corrected chi connectivity index (χ2v) is 13.8. The van der Waals surface area contributed by atoms with Crippen molar-refractivity contribution in [2.24, 2.45) is 0 Å². The van der Waals surface area contributed by atoms with E-state index in [1.54, 1.807) is 4.90 Å². The zero-order valence-electron chi connectivity index (χ0n) is 41.8. The van der Waals surface area contributed by atoms with Crippen LogP contribution in [0.2, 0.25) is 0 Å². The fourth-order valence-electron chi connectivity index (χ4n) is 7.96. The van der Waals surface area contributed by atoms with Gasteiger partial charge in [0.15, 0.2) is 5.58 Å². The van der Waals surface area contributed by atoms with Crippen LogP contribution in [0.25, 0.3) is 98.7 Å². The highest BCUT2D eigenvalue weighted by atomic mass is 16.3. The predicted molar refractivity (Wildman–Crippen MR) is 237 cm³/mol. The second-order valence-electron chi connectivity index (χ2n) is 13.8. The molecule has 4 nitrogen and oxygen atoms in total. The van der Waals surface area contributed by atoms with Crippen LogP contribution in [-0.4, -0.2) is 4.98 Å². The number of anilines is 3. The number of benzene rings is 10. The molecular formula is C53H32N2O2. The molecule has 10 aromatic carbocycles. The van der Waals surface area contributed by atoms with E-state index in [0.29, 0.717) is 11.4 Å². The molecule has 0 radical (unpaired) electrons. The highest BCUT2D eigenvalue weighted by Crippen LogP contribution is 2.47. The molecule has 0 atom stereocenters. The Labute approximate surface area is 344 Å². The monoisotopic (exact) mass is 740 g/mol. The summed E-state index contributed by atoms with van der Waals surface area (Å²) in [6.45, 7) is 0. The van der Waals surface area contributed by atoms with Gasteiger partial charge in [0, 0.05) is 27.5 Å². The number of nitrogens with zero attached hydrogens (tertiary/aromatic N) is 2. The molecule has 12 rings (SSSR count). The van der Waals surface area contributed by atoms with Crippen LogP contribution in [0, 0.1) is 0 Å². The van der Waals surface area contributed by atoms with Crippen LogP contribution in [0.3, 0.4) is 0 Å². The molecule has 0 saturated heterocycles. The molecule has 0 spiro atoms. The fraction of sp³-hybridized carbons (Fsp3) is 0. The maximum absolute atomic E-state index is 10.4. The molecule has 0 amide bonds. The van der Waals surface area contributed by atoms with E-state index in [9.17, 15) is 4.11 Å². The number of furan rings is 1. The van der Waals surface area contributed by atoms with E-state index in [2.05, 4.69) is 23.2 Å². The van der Waals surface area contributed by atoms with Gasteiger partial charge in [-0.2, -0.15) is 0 Å². The minimum Gasteiger partial charge on any atom is -0.455 e. The molecule has 0 aliphatic heterocycles. The van der Waals surface area contributed by atoms with Crippen molar-refractivity contribution in [1.82, 2.24) is 4.98 Å². The first kappa shape index (κ1) is 22.0. The van der Waals surface area contributed by atoms with Gasteiger partial charge in [0.1, 0.15) is 16.7 Å². The van der Waals surface area contributed by atoms with Gasteiger partial charge in [-0.05, 0) is 103 Å². The van der Waals surface area contributed by atoms with Crippen LogP contribution in [0.15, 0.2) is 203 Å². The first-order valence-corrected chi connectivity index (χ1v) is 18.3. The maximum Gasteiger partial charge on any atom is 0.229 e. The van der Waals surface area contributed by atoms with E-state index in [4.69, 9.17) is 21.2 Å². The van der Waals surface area contributed by atoms with Gasteiger partial charge in [0.2, 0.25) is 5.89 Å². The van der Waals surface area contributed by atoms with E-state index in [1.807, 2.05) is 103 Å². The Balaban J connectivity index is 1.26. The van der Waals surface area contributed by atoms with E-state index >= 15 is 0 Å². The number of para-hydroxylation sites is 2. The Kier molecular flexibility index (Phi) is 4.80. The molecule has 0 N–H and O–H groups in total. The van der Waals surface area contributed by atoms with Gasteiger partial charge in [-0.15, -0.1) is 0 Å². The van der Waals surface area contributed by atoms with Crippen LogP contribution in [0.4, 0.5) is 17.1 Å². The van der Waals surface area contributed by atoms with Crippen molar-refractivity contribution in [2.75, 3.05) is 4.90 Å². The normalized spacial score (nSPS) is 14.8. The summed E-state index contributed by atoms with van der Waals surface area (Å²) in [5, 5.41) is 5.23.